The van der Waals surface area contributed by atoms with Gasteiger partial charge in [0.1, 0.15) is 0 Å². The first-order valence-corrected chi connectivity index (χ1v) is 6.20. The number of hydrogen-bond donors (Lipinski definition) is 0. The molecule has 94 valence electrons. The van der Waals surface area contributed by atoms with Crippen LogP contribution in [0.2, 0.25) is 0 Å². The molecule has 0 aromatic heterocycles. The second kappa shape index (κ2) is 7.06. The lowest BCUT2D eigenvalue weighted by Gasteiger charge is -2.09. The largest absolute Gasteiger partial charge is 0.493 e. The lowest BCUT2D eigenvalue weighted by molar-refractivity contribution is -0.139. The molecule has 0 aliphatic carbocycles. The molecule has 4 nitrogen and oxygen atoms in total. The molecule has 0 atom stereocenters. The number of ether oxygens (including phenoxy) is 3. The summed E-state index contributed by atoms with van der Waals surface area (Å²) in [4.78, 5) is 12.1. The standard InChI is InChI=1S/C12H16O4S/c1-4-16-12(13)8-17-9-5-6-10(14-2)11(7-9)15-3/h5-7H,4,8H2,1-3H3. The van der Waals surface area contributed by atoms with Crippen molar-refractivity contribution in [2.45, 2.75) is 11.8 Å². The van der Waals surface area contributed by atoms with Crippen LogP contribution in [0.5, 0.6) is 11.5 Å². The van der Waals surface area contributed by atoms with Crippen LogP contribution in [-0.4, -0.2) is 32.5 Å². The van der Waals surface area contributed by atoms with Gasteiger partial charge >= 0.3 is 5.97 Å². The Labute approximate surface area is 105 Å². The van der Waals surface area contributed by atoms with Gasteiger partial charge < -0.3 is 14.2 Å². The number of benzene rings is 1. The second-order valence-corrected chi connectivity index (χ2v) is 4.16. The molecule has 1 rings (SSSR count). The molecule has 0 unspecified atom stereocenters. The fourth-order valence-corrected chi connectivity index (χ4v) is 1.97. The van der Waals surface area contributed by atoms with Gasteiger partial charge in [0, 0.05) is 4.90 Å². The van der Waals surface area contributed by atoms with Crippen molar-refractivity contribution in [1.29, 1.82) is 0 Å². The van der Waals surface area contributed by atoms with E-state index < -0.39 is 0 Å². The van der Waals surface area contributed by atoms with Crippen LogP contribution < -0.4 is 9.47 Å². The SMILES string of the molecule is CCOC(=O)CSc1ccc(OC)c(OC)c1. The van der Waals surface area contributed by atoms with Gasteiger partial charge in [-0.05, 0) is 25.1 Å². The molecule has 17 heavy (non-hydrogen) atoms. The van der Waals surface area contributed by atoms with Crippen molar-refractivity contribution >= 4 is 17.7 Å². The molecule has 1 aromatic rings. The van der Waals surface area contributed by atoms with Gasteiger partial charge in [0.05, 0.1) is 26.6 Å². The highest BCUT2D eigenvalue weighted by atomic mass is 32.2. The highest BCUT2D eigenvalue weighted by Crippen LogP contribution is 2.31. The van der Waals surface area contributed by atoms with Crippen molar-refractivity contribution in [3.8, 4) is 11.5 Å². The molecule has 0 N–H and O–H groups in total. The minimum Gasteiger partial charge on any atom is -0.493 e. The molecule has 5 heteroatoms. The molecule has 0 bridgehead atoms. The third-order valence-corrected chi connectivity index (χ3v) is 2.98. The summed E-state index contributed by atoms with van der Waals surface area (Å²) in [5.41, 5.74) is 0. The van der Waals surface area contributed by atoms with Gasteiger partial charge in [-0.25, -0.2) is 0 Å². The molecule has 0 saturated heterocycles. The Morgan fingerprint density at radius 3 is 2.53 bits per heavy atom. The Morgan fingerprint density at radius 2 is 1.94 bits per heavy atom. The zero-order chi connectivity index (χ0) is 12.7. The second-order valence-electron chi connectivity index (χ2n) is 3.11. The fraction of sp³-hybridized carbons (Fsp3) is 0.417. The number of thioether (sulfide) groups is 1. The van der Waals surface area contributed by atoms with E-state index in [0.29, 0.717) is 23.9 Å². The Hall–Kier alpha value is -1.36. The first kappa shape index (κ1) is 13.7. The molecular weight excluding hydrogens is 240 g/mol. The zero-order valence-corrected chi connectivity index (χ0v) is 11.0. The van der Waals surface area contributed by atoms with E-state index >= 15 is 0 Å². The fourth-order valence-electron chi connectivity index (χ4n) is 1.25. The lowest BCUT2D eigenvalue weighted by atomic mass is 10.3. The normalized spacial score (nSPS) is 9.82. The minimum absolute atomic E-state index is 0.215. The van der Waals surface area contributed by atoms with Crippen molar-refractivity contribution < 1.29 is 19.0 Å². The van der Waals surface area contributed by atoms with Crippen molar-refractivity contribution in [3.63, 3.8) is 0 Å². The van der Waals surface area contributed by atoms with Crippen LogP contribution in [0.15, 0.2) is 23.1 Å². The molecule has 0 fully saturated rings. The predicted octanol–water partition coefficient (Wildman–Crippen LogP) is 2.36. The molecule has 0 radical (unpaired) electrons. The summed E-state index contributed by atoms with van der Waals surface area (Å²) in [6.07, 6.45) is 0. The van der Waals surface area contributed by atoms with Crippen molar-refractivity contribution in [2.75, 3.05) is 26.6 Å². The number of carbonyl (C=O) groups excluding carboxylic acids is 1. The molecule has 0 amide bonds. The summed E-state index contributed by atoms with van der Waals surface area (Å²) in [5.74, 6) is 1.41. The summed E-state index contributed by atoms with van der Waals surface area (Å²) in [6, 6.07) is 5.53. The van der Waals surface area contributed by atoms with E-state index in [1.165, 1.54) is 11.8 Å². The van der Waals surface area contributed by atoms with Crippen LogP contribution in [0.25, 0.3) is 0 Å². The number of esters is 1. The van der Waals surface area contributed by atoms with Crippen LogP contribution in [0.3, 0.4) is 0 Å². The van der Waals surface area contributed by atoms with Gasteiger partial charge in [-0.2, -0.15) is 0 Å². The topological polar surface area (TPSA) is 44.8 Å². The number of carbonyl (C=O) groups is 1. The summed E-state index contributed by atoms with van der Waals surface area (Å²) in [6.45, 7) is 2.20. The van der Waals surface area contributed by atoms with Gasteiger partial charge in [-0.15, -0.1) is 11.8 Å². The number of methoxy groups -OCH3 is 2. The highest BCUT2D eigenvalue weighted by Gasteiger charge is 2.07. The van der Waals surface area contributed by atoms with Crippen LogP contribution in [-0.2, 0) is 9.53 Å². The maximum absolute atomic E-state index is 11.2. The van der Waals surface area contributed by atoms with Crippen LogP contribution in [0.4, 0.5) is 0 Å². The number of rotatable bonds is 6. The lowest BCUT2D eigenvalue weighted by Crippen LogP contribution is -2.06. The van der Waals surface area contributed by atoms with E-state index in [2.05, 4.69) is 0 Å². The van der Waals surface area contributed by atoms with Gasteiger partial charge in [0.2, 0.25) is 0 Å². The Morgan fingerprint density at radius 1 is 1.24 bits per heavy atom. The first-order chi connectivity index (χ1) is 8.21. The third-order valence-electron chi connectivity index (χ3n) is 2.02. The highest BCUT2D eigenvalue weighted by molar-refractivity contribution is 8.00. The average molecular weight is 256 g/mol. The molecule has 0 aliphatic rings. The zero-order valence-electron chi connectivity index (χ0n) is 10.2. The molecule has 0 aliphatic heterocycles. The summed E-state index contributed by atoms with van der Waals surface area (Å²) >= 11 is 1.41. The average Bonchev–Trinajstić information content (AvgIpc) is 2.36. The quantitative estimate of drug-likeness (QED) is 0.577. The van der Waals surface area contributed by atoms with E-state index in [4.69, 9.17) is 14.2 Å². The van der Waals surface area contributed by atoms with E-state index in [9.17, 15) is 4.79 Å². The van der Waals surface area contributed by atoms with Gasteiger partial charge in [-0.3, -0.25) is 4.79 Å². The molecule has 0 heterocycles. The van der Waals surface area contributed by atoms with Crippen LogP contribution in [0, 0.1) is 0 Å². The monoisotopic (exact) mass is 256 g/mol. The summed E-state index contributed by atoms with van der Waals surface area (Å²) in [7, 11) is 3.17. The van der Waals surface area contributed by atoms with Gasteiger partial charge in [0.25, 0.3) is 0 Å². The van der Waals surface area contributed by atoms with Crippen molar-refractivity contribution in [3.05, 3.63) is 18.2 Å². The van der Waals surface area contributed by atoms with Gasteiger partial charge in [-0.1, -0.05) is 0 Å². The van der Waals surface area contributed by atoms with Crippen molar-refractivity contribution in [2.24, 2.45) is 0 Å². The third kappa shape index (κ3) is 4.19. The van der Waals surface area contributed by atoms with E-state index in [1.807, 2.05) is 18.2 Å². The maximum Gasteiger partial charge on any atom is 0.316 e. The maximum atomic E-state index is 11.2. The smallest absolute Gasteiger partial charge is 0.316 e. The van der Waals surface area contributed by atoms with E-state index in [1.54, 1.807) is 21.1 Å². The first-order valence-electron chi connectivity index (χ1n) is 5.21. The van der Waals surface area contributed by atoms with Crippen molar-refractivity contribution in [1.82, 2.24) is 0 Å². The Bertz CT molecular complexity index is 379. The van der Waals surface area contributed by atoms with E-state index in [-0.39, 0.29) is 5.97 Å². The summed E-state index contributed by atoms with van der Waals surface area (Å²) in [5, 5.41) is 0. The number of hydrogen-bond acceptors (Lipinski definition) is 5. The Kier molecular flexibility index (Phi) is 5.69. The van der Waals surface area contributed by atoms with E-state index in [0.717, 1.165) is 4.90 Å². The molecule has 0 saturated carbocycles. The predicted molar refractivity (Wildman–Crippen MR) is 66.9 cm³/mol. The van der Waals surface area contributed by atoms with Crippen LogP contribution >= 0.6 is 11.8 Å². The van der Waals surface area contributed by atoms with Crippen LogP contribution in [0.1, 0.15) is 6.92 Å². The molecular formula is C12H16O4S. The Balaban J connectivity index is 2.63. The summed E-state index contributed by atoms with van der Waals surface area (Å²) < 4.78 is 15.2. The molecule has 0 spiro atoms. The minimum atomic E-state index is -0.215. The van der Waals surface area contributed by atoms with Gasteiger partial charge in [0.15, 0.2) is 11.5 Å². The molecule has 1 aromatic carbocycles.